The number of aliphatic hydroxyl groups is 30. The number of carbonyl (C=O) groups is 1. The van der Waals surface area contributed by atoms with Crippen molar-refractivity contribution in [2.24, 2.45) is 0 Å². The summed E-state index contributed by atoms with van der Waals surface area (Å²) in [4.78, 5) is 11.5. The first kappa shape index (κ1) is 103. The van der Waals surface area contributed by atoms with Crippen LogP contribution in [0.25, 0.3) is 0 Å². The molecule has 0 aromatic rings. The Balaban J connectivity index is -0.0000000761. The molecular formula is C48H116O32. The summed E-state index contributed by atoms with van der Waals surface area (Å²) in [6.45, 7) is -2.21. The first-order chi connectivity index (χ1) is 37.9. The van der Waals surface area contributed by atoms with Crippen LogP contribution in [0.1, 0.15) is 104 Å². The molecule has 30 N–H and O–H groups in total. The molecule has 80 heavy (non-hydrogen) atoms. The summed E-state index contributed by atoms with van der Waals surface area (Å²) in [5.41, 5.74) is 0. The second-order valence-corrected chi connectivity index (χ2v) is 16.0. The van der Waals surface area contributed by atoms with Gasteiger partial charge in [0.05, 0.1) is 139 Å². The van der Waals surface area contributed by atoms with Gasteiger partial charge in [-0.15, -0.1) is 0 Å². The fraction of sp³-hybridized carbons (Fsp3) is 0.979. The zero-order valence-electron chi connectivity index (χ0n) is 47.3. The maximum Gasteiger partial charge on any atom is 0.305 e. The Labute approximate surface area is 471 Å². The Hall–Kier alpha value is -1.73. The Bertz CT molecular complexity index is 756. The predicted molar refractivity (Wildman–Crippen MR) is 289 cm³/mol. The second kappa shape index (κ2) is 99.3. The van der Waals surface area contributed by atoms with E-state index >= 15 is 0 Å². The van der Waals surface area contributed by atoms with E-state index in [0.717, 1.165) is 12.8 Å². The average molecular weight is 1210 g/mol. The minimum atomic E-state index is -0.954. The van der Waals surface area contributed by atoms with Crippen molar-refractivity contribution < 1.29 is 163 Å². The predicted octanol–water partition coefficient (Wildman–Crippen LogP) is -10.7. The van der Waals surface area contributed by atoms with Crippen molar-refractivity contribution in [3.63, 3.8) is 0 Å². The van der Waals surface area contributed by atoms with Gasteiger partial charge < -0.3 is 158 Å². The summed E-state index contributed by atoms with van der Waals surface area (Å²) in [6.07, 6.45) is 7.33. The van der Waals surface area contributed by atoms with E-state index in [4.69, 9.17) is 158 Å². The quantitative estimate of drug-likeness (QED) is 0.0207. The number of hydrogen-bond acceptors (Lipinski definition) is 32. The number of rotatable bonds is 35. The molecule has 500 valence electrons. The largest absolute Gasteiger partial charge is 0.466 e. The van der Waals surface area contributed by atoms with Gasteiger partial charge in [-0.05, 0) is 12.8 Å². The molecule has 0 aromatic heterocycles. The fourth-order valence-corrected chi connectivity index (χ4v) is 2.94. The lowest BCUT2D eigenvalue weighted by Crippen LogP contribution is -2.15. The van der Waals surface area contributed by atoms with E-state index in [9.17, 15) is 4.79 Å². The van der Waals surface area contributed by atoms with E-state index in [1.54, 1.807) is 0 Å². The van der Waals surface area contributed by atoms with Crippen molar-refractivity contribution >= 4 is 5.97 Å². The number of unbranched alkanes of at least 4 members (excludes halogenated alkanes) is 11. The van der Waals surface area contributed by atoms with Crippen LogP contribution in [0, 0.1) is 0 Å². The summed E-state index contributed by atoms with van der Waals surface area (Å²) in [6, 6.07) is 0. The SMILES string of the molecule is CCCCCCCCCCOC(=O)CCCCCCC.OCC(O)CO.OCC(O)CO.OCC(O)CO.OCC(O)CO.OCC(O)CO.OCC(O)CO.OCC(O)CO.OCC(O)CO.OCC(O)CO.OCC(O)CO. The van der Waals surface area contributed by atoms with Crippen molar-refractivity contribution in [1.82, 2.24) is 0 Å². The lowest BCUT2D eigenvalue weighted by atomic mass is 10.1. The normalized spacial score (nSPS) is 10.2. The highest BCUT2D eigenvalue weighted by Gasteiger charge is 2.03. The Morgan fingerprint density at radius 1 is 0.237 bits per heavy atom. The van der Waals surface area contributed by atoms with Gasteiger partial charge in [-0.25, -0.2) is 0 Å². The van der Waals surface area contributed by atoms with Crippen molar-refractivity contribution in [3.05, 3.63) is 0 Å². The van der Waals surface area contributed by atoms with Gasteiger partial charge in [0.25, 0.3) is 0 Å². The first-order valence-electron chi connectivity index (χ1n) is 26.0. The summed E-state index contributed by atoms with van der Waals surface area (Å²) in [5, 5.41) is 240. The molecule has 0 aromatic carbocycles. The molecule has 0 bridgehead atoms. The highest BCUT2D eigenvalue weighted by molar-refractivity contribution is 5.69. The maximum atomic E-state index is 11.5. The molecule has 0 fully saturated rings. The minimum absolute atomic E-state index is 0.00412. The average Bonchev–Trinajstić information content (AvgIpc) is 3.51. The molecule has 0 aliphatic carbocycles. The smallest absolute Gasteiger partial charge is 0.305 e. The van der Waals surface area contributed by atoms with Crippen molar-refractivity contribution in [2.45, 2.75) is 165 Å². The van der Waals surface area contributed by atoms with E-state index in [2.05, 4.69) is 13.8 Å². The van der Waals surface area contributed by atoms with Crippen LogP contribution < -0.4 is 0 Å². The van der Waals surface area contributed by atoms with Gasteiger partial charge in [0.15, 0.2) is 0 Å². The Morgan fingerprint density at radius 2 is 0.375 bits per heavy atom. The van der Waals surface area contributed by atoms with E-state index in [1.165, 1.54) is 70.6 Å². The third kappa shape index (κ3) is 136. The fourth-order valence-electron chi connectivity index (χ4n) is 2.94. The van der Waals surface area contributed by atoms with Crippen molar-refractivity contribution in [2.75, 3.05) is 139 Å². The minimum Gasteiger partial charge on any atom is -0.466 e. The molecule has 0 spiro atoms. The highest BCUT2D eigenvalue weighted by atomic mass is 16.5. The van der Waals surface area contributed by atoms with Crippen molar-refractivity contribution in [3.8, 4) is 0 Å². The number of esters is 1. The third-order valence-corrected chi connectivity index (χ3v) is 7.96. The zero-order valence-corrected chi connectivity index (χ0v) is 47.3. The molecule has 0 rings (SSSR count). The van der Waals surface area contributed by atoms with Crippen LogP contribution in [0.2, 0.25) is 0 Å². The summed E-state index contributed by atoms with van der Waals surface area (Å²) in [7, 11) is 0. The molecule has 0 saturated carbocycles. The summed E-state index contributed by atoms with van der Waals surface area (Å²) < 4.78 is 5.25. The van der Waals surface area contributed by atoms with E-state index in [-0.39, 0.29) is 138 Å². The van der Waals surface area contributed by atoms with E-state index in [1.807, 2.05) is 0 Å². The van der Waals surface area contributed by atoms with Crippen LogP contribution in [0.5, 0.6) is 0 Å². The van der Waals surface area contributed by atoms with Gasteiger partial charge >= 0.3 is 5.97 Å². The number of carbonyl (C=O) groups excluding carboxylic acids is 1. The highest BCUT2D eigenvalue weighted by Crippen LogP contribution is 2.09. The Morgan fingerprint density at radius 3 is 0.512 bits per heavy atom. The van der Waals surface area contributed by atoms with E-state index < -0.39 is 61.0 Å². The lowest BCUT2D eigenvalue weighted by Gasteiger charge is -2.05. The third-order valence-electron chi connectivity index (χ3n) is 7.96. The molecule has 0 amide bonds. The maximum absolute atomic E-state index is 11.5. The molecule has 32 heteroatoms. The van der Waals surface area contributed by atoms with E-state index in [0.29, 0.717) is 13.0 Å². The lowest BCUT2D eigenvalue weighted by molar-refractivity contribution is -0.143. The van der Waals surface area contributed by atoms with Gasteiger partial charge in [-0.2, -0.15) is 0 Å². The first-order valence-corrected chi connectivity index (χ1v) is 26.0. The van der Waals surface area contributed by atoms with Crippen LogP contribution in [-0.4, -0.2) is 359 Å². The van der Waals surface area contributed by atoms with Crippen LogP contribution in [-0.2, 0) is 9.53 Å². The summed E-state index contributed by atoms with van der Waals surface area (Å²) in [5.74, 6) is 0.00412. The van der Waals surface area contributed by atoms with Gasteiger partial charge in [-0.3, -0.25) is 4.79 Å². The van der Waals surface area contributed by atoms with Gasteiger partial charge in [0.1, 0.15) is 61.0 Å². The van der Waals surface area contributed by atoms with Gasteiger partial charge in [0.2, 0.25) is 0 Å². The second-order valence-electron chi connectivity index (χ2n) is 16.0. The van der Waals surface area contributed by atoms with Gasteiger partial charge in [0, 0.05) is 6.42 Å². The van der Waals surface area contributed by atoms with Crippen LogP contribution >= 0.6 is 0 Å². The molecule has 0 aliphatic rings. The molecule has 0 atom stereocenters. The molecule has 0 aliphatic heterocycles. The molecule has 0 unspecified atom stereocenters. The topological polar surface area (TPSA) is 633 Å². The van der Waals surface area contributed by atoms with Crippen molar-refractivity contribution in [1.29, 1.82) is 0 Å². The molecule has 32 nitrogen and oxygen atoms in total. The number of ether oxygens (including phenoxy) is 1. The van der Waals surface area contributed by atoms with Gasteiger partial charge in [-0.1, -0.05) is 84.5 Å². The van der Waals surface area contributed by atoms with Crippen LogP contribution in [0.4, 0.5) is 0 Å². The standard InChI is InChI=1S/C18H36O2.10C3H8O3/c1-3-5-7-9-10-11-13-15-17-20-18(19)16-14-12-8-6-4-2;10*4-1-3(6)2-5/h3-17H2,1-2H3;10*3-6H,1-2H2. The molecule has 0 saturated heterocycles. The van der Waals surface area contributed by atoms with Crippen LogP contribution in [0.15, 0.2) is 0 Å². The molecular weight excluding hydrogens is 1090 g/mol. The number of hydrogen-bond donors (Lipinski definition) is 30. The zero-order chi connectivity index (χ0) is 64.8. The Kier molecular flexibility index (Phi) is 128. The monoisotopic (exact) mass is 1200 g/mol. The molecule has 0 heterocycles. The number of aliphatic hydroxyl groups excluding tert-OH is 30. The molecule has 0 radical (unpaired) electrons. The summed E-state index contributed by atoms with van der Waals surface area (Å²) >= 11 is 0. The van der Waals surface area contributed by atoms with Crippen LogP contribution in [0.3, 0.4) is 0 Å².